The number of thiol groups is 1. The number of ether oxygens (including phenoxy) is 1. The molecule has 0 radical (unpaired) electrons. The minimum Gasteiger partial charge on any atom is -0.508 e. The van der Waals surface area contributed by atoms with Crippen LogP contribution in [0.5, 0.6) is 5.75 Å². The van der Waals surface area contributed by atoms with E-state index in [1.165, 1.54) is 11.0 Å². The lowest BCUT2D eigenvalue weighted by atomic mass is 10.0. The zero-order valence-corrected chi connectivity index (χ0v) is 21.3. The summed E-state index contributed by atoms with van der Waals surface area (Å²) in [5, 5.41) is 15.9. The van der Waals surface area contributed by atoms with Crippen molar-refractivity contribution in [1.82, 2.24) is 15.5 Å². The minimum absolute atomic E-state index is 0.0195. The van der Waals surface area contributed by atoms with E-state index in [0.29, 0.717) is 18.5 Å². The van der Waals surface area contributed by atoms with Crippen LogP contribution in [-0.4, -0.2) is 58.4 Å². The van der Waals surface area contributed by atoms with Gasteiger partial charge in [-0.3, -0.25) is 9.59 Å². The fourth-order valence-electron chi connectivity index (χ4n) is 3.18. The highest BCUT2D eigenvalue weighted by Gasteiger charge is 2.36. The molecular weight excluding hydrogens is 442 g/mol. The molecule has 186 valence electrons. The Balaban J connectivity index is 3.32. The summed E-state index contributed by atoms with van der Waals surface area (Å²) >= 11 is 4.26. The molecule has 0 aliphatic heterocycles. The van der Waals surface area contributed by atoms with Gasteiger partial charge in [0.15, 0.2) is 0 Å². The van der Waals surface area contributed by atoms with E-state index >= 15 is 0 Å². The molecule has 0 aliphatic carbocycles. The number of para-hydroxylation sites is 1. The van der Waals surface area contributed by atoms with Crippen molar-refractivity contribution in [2.75, 3.05) is 18.8 Å². The second-order valence-electron chi connectivity index (χ2n) is 8.87. The van der Waals surface area contributed by atoms with Gasteiger partial charge in [0.2, 0.25) is 11.8 Å². The highest BCUT2D eigenvalue weighted by atomic mass is 32.1. The fraction of sp³-hybridized carbons (Fsp3) is 0.625. The number of hydrogen-bond donors (Lipinski definition) is 4. The van der Waals surface area contributed by atoms with Crippen LogP contribution in [0.25, 0.3) is 0 Å². The van der Waals surface area contributed by atoms with Crippen molar-refractivity contribution >= 4 is 30.5 Å². The summed E-state index contributed by atoms with van der Waals surface area (Å²) in [6.45, 7) is 9.92. The third-order valence-electron chi connectivity index (χ3n) is 4.83. The second-order valence-corrected chi connectivity index (χ2v) is 9.24. The van der Waals surface area contributed by atoms with Gasteiger partial charge in [0.25, 0.3) is 0 Å². The Hall–Kier alpha value is -2.42. The molecule has 0 heterocycles. The number of carbonyl (C=O) groups excluding carboxylic acids is 3. The standard InChI is InChI=1S/C24H39N3O5S/c1-6-8-14-25-21(29)20(17-12-10-11-13-19(17)28)27(15-9-7-2)22(30)18(16-33)26-23(31)32-24(3,4)5/h10-13,18,20,28,33H,6-9,14-16H2,1-5H3,(H,25,29)(H,26,31). The van der Waals surface area contributed by atoms with Crippen molar-refractivity contribution in [1.29, 1.82) is 0 Å². The molecule has 1 rings (SSSR count). The van der Waals surface area contributed by atoms with E-state index in [0.717, 1.165) is 19.3 Å². The zero-order chi connectivity index (χ0) is 25.0. The van der Waals surface area contributed by atoms with Gasteiger partial charge < -0.3 is 25.4 Å². The van der Waals surface area contributed by atoms with E-state index in [4.69, 9.17) is 4.74 Å². The lowest BCUT2D eigenvalue weighted by molar-refractivity contribution is -0.142. The molecule has 0 saturated carbocycles. The van der Waals surface area contributed by atoms with Crippen molar-refractivity contribution in [3.63, 3.8) is 0 Å². The van der Waals surface area contributed by atoms with Crippen LogP contribution in [-0.2, 0) is 14.3 Å². The second kappa shape index (κ2) is 14.0. The maximum absolute atomic E-state index is 13.6. The largest absolute Gasteiger partial charge is 0.508 e. The average Bonchev–Trinajstić information content (AvgIpc) is 2.74. The van der Waals surface area contributed by atoms with E-state index in [2.05, 4.69) is 23.3 Å². The van der Waals surface area contributed by atoms with E-state index in [-0.39, 0.29) is 24.0 Å². The Labute approximate surface area is 202 Å². The van der Waals surface area contributed by atoms with Crippen LogP contribution in [0.2, 0.25) is 0 Å². The lowest BCUT2D eigenvalue weighted by Crippen LogP contribution is -2.54. The number of phenols is 1. The number of nitrogens with zero attached hydrogens (tertiary/aromatic N) is 1. The Morgan fingerprint density at radius 2 is 1.76 bits per heavy atom. The first kappa shape index (κ1) is 28.6. The molecular formula is C24H39N3O5S. The van der Waals surface area contributed by atoms with Crippen molar-refractivity contribution in [2.45, 2.75) is 78.0 Å². The molecule has 0 aliphatic rings. The summed E-state index contributed by atoms with van der Waals surface area (Å²) in [7, 11) is 0. The highest BCUT2D eigenvalue weighted by Crippen LogP contribution is 2.30. The van der Waals surface area contributed by atoms with Crippen LogP contribution < -0.4 is 10.6 Å². The maximum atomic E-state index is 13.6. The van der Waals surface area contributed by atoms with Gasteiger partial charge in [-0.15, -0.1) is 0 Å². The van der Waals surface area contributed by atoms with Crippen molar-refractivity contribution < 1.29 is 24.2 Å². The van der Waals surface area contributed by atoms with Crippen LogP contribution >= 0.6 is 12.6 Å². The number of phenolic OH excluding ortho intramolecular Hbond substituents is 1. The molecule has 1 aromatic carbocycles. The van der Waals surface area contributed by atoms with Crippen LogP contribution in [0.1, 0.15) is 71.9 Å². The van der Waals surface area contributed by atoms with Crippen LogP contribution in [0, 0.1) is 0 Å². The maximum Gasteiger partial charge on any atom is 0.408 e. The number of amides is 3. The van der Waals surface area contributed by atoms with E-state index < -0.39 is 29.7 Å². The molecule has 8 nitrogen and oxygen atoms in total. The van der Waals surface area contributed by atoms with Crippen LogP contribution in [0.3, 0.4) is 0 Å². The minimum atomic E-state index is -1.05. The Kier molecular flexibility index (Phi) is 12.1. The third-order valence-corrected chi connectivity index (χ3v) is 5.19. The van der Waals surface area contributed by atoms with Crippen LogP contribution in [0.15, 0.2) is 24.3 Å². The summed E-state index contributed by atoms with van der Waals surface area (Å²) in [5.41, 5.74) is -0.403. The first-order valence-corrected chi connectivity index (χ1v) is 12.1. The Morgan fingerprint density at radius 3 is 2.30 bits per heavy atom. The predicted octanol–water partition coefficient (Wildman–Crippen LogP) is 3.80. The van der Waals surface area contributed by atoms with Crippen molar-refractivity contribution in [3.05, 3.63) is 29.8 Å². The van der Waals surface area contributed by atoms with Gasteiger partial charge >= 0.3 is 6.09 Å². The molecule has 9 heteroatoms. The fourth-order valence-corrected chi connectivity index (χ4v) is 3.43. The topological polar surface area (TPSA) is 108 Å². The first-order valence-electron chi connectivity index (χ1n) is 11.5. The normalized spacial score (nSPS) is 13.0. The van der Waals surface area contributed by atoms with Gasteiger partial charge in [0, 0.05) is 24.4 Å². The molecule has 2 unspecified atom stereocenters. The van der Waals surface area contributed by atoms with Gasteiger partial charge in [-0.1, -0.05) is 44.9 Å². The summed E-state index contributed by atoms with van der Waals surface area (Å²) in [6, 6.07) is 4.42. The molecule has 0 spiro atoms. The molecule has 0 fully saturated rings. The number of carbonyl (C=O) groups is 3. The number of benzene rings is 1. The van der Waals surface area contributed by atoms with Gasteiger partial charge in [-0.2, -0.15) is 12.6 Å². The van der Waals surface area contributed by atoms with E-state index in [9.17, 15) is 19.5 Å². The molecule has 2 atom stereocenters. The summed E-state index contributed by atoms with van der Waals surface area (Å²) in [6.07, 6.45) is 2.39. The zero-order valence-electron chi connectivity index (χ0n) is 20.4. The molecule has 0 aromatic heterocycles. The Bertz CT molecular complexity index is 782. The SMILES string of the molecule is CCCCNC(=O)C(c1ccccc1O)N(CCCC)C(=O)C(CS)NC(=O)OC(C)(C)C. The number of unbranched alkanes of at least 4 members (excludes halogenated alkanes) is 2. The van der Waals surface area contributed by atoms with Crippen LogP contribution in [0.4, 0.5) is 4.79 Å². The van der Waals surface area contributed by atoms with Gasteiger partial charge in [-0.05, 0) is 39.7 Å². The molecule has 3 N–H and O–H groups in total. The molecule has 3 amide bonds. The summed E-state index contributed by atoms with van der Waals surface area (Å²) in [5.74, 6) is -0.913. The number of alkyl carbamates (subject to hydrolysis) is 1. The first-order chi connectivity index (χ1) is 15.6. The van der Waals surface area contributed by atoms with Crippen molar-refractivity contribution in [3.8, 4) is 5.75 Å². The number of hydrogen-bond acceptors (Lipinski definition) is 6. The van der Waals surface area contributed by atoms with Crippen molar-refractivity contribution in [2.24, 2.45) is 0 Å². The number of rotatable bonds is 12. The molecule has 33 heavy (non-hydrogen) atoms. The van der Waals surface area contributed by atoms with Gasteiger partial charge in [0.05, 0.1) is 0 Å². The summed E-state index contributed by atoms with van der Waals surface area (Å²) in [4.78, 5) is 40.6. The summed E-state index contributed by atoms with van der Waals surface area (Å²) < 4.78 is 5.28. The quantitative estimate of drug-likeness (QED) is 0.268. The predicted molar refractivity (Wildman–Crippen MR) is 132 cm³/mol. The molecule has 0 saturated heterocycles. The highest BCUT2D eigenvalue weighted by molar-refractivity contribution is 7.80. The van der Waals surface area contributed by atoms with Gasteiger partial charge in [-0.25, -0.2) is 4.79 Å². The lowest BCUT2D eigenvalue weighted by Gasteiger charge is -2.34. The monoisotopic (exact) mass is 481 g/mol. The number of aromatic hydroxyl groups is 1. The number of nitrogens with one attached hydrogen (secondary N) is 2. The van der Waals surface area contributed by atoms with E-state index in [1.807, 2.05) is 13.8 Å². The Morgan fingerprint density at radius 1 is 1.12 bits per heavy atom. The van der Waals surface area contributed by atoms with E-state index in [1.54, 1.807) is 39.0 Å². The average molecular weight is 482 g/mol. The molecule has 1 aromatic rings. The van der Waals surface area contributed by atoms with Gasteiger partial charge in [0.1, 0.15) is 23.4 Å². The molecule has 0 bridgehead atoms. The smallest absolute Gasteiger partial charge is 0.408 e. The third kappa shape index (κ3) is 9.53.